The molecule has 2 N–H and O–H groups in total. The Bertz CT molecular complexity index is 976. The predicted molar refractivity (Wildman–Crippen MR) is 106 cm³/mol. The van der Waals surface area contributed by atoms with Crippen molar-refractivity contribution in [2.75, 3.05) is 6.54 Å². The number of benzene rings is 1. The maximum atomic E-state index is 12.8. The van der Waals surface area contributed by atoms with Gasteiger partial charge >= 0.3 is 0 Å². The van der Waals surface area contributed by atoms with Crippen LogP contribution in [0.15, 0.2) is 48.7 Å². The van der Waals surface area contributed by atoms with Crippen LogP contribution in [0.4, 0.5) is 0 Å². The molecule has 1 aliphatic rings. The van der Waals surface area contributed by atoms with Crippen LogP contribution in [0.1, 0.15) is 42.7 Å². The summed E-state index contributed by atoms with van der Waals surface area (Å²) in [6.45, 7) is 0.250. The van der Waals surface area contributed by atoms with E-state index in [0.717, 1.165) is 43.2 Å². The molecule has 1 aliphatic carbocycles. The molecule has 0 aliphatic heterocycles. The summed E-state index contributed by atoms with van der Waals surface area (Å²) in [5, 5.41) is 14.1. The summed E-state index contributed by atoms with van der Waals surface area (Å²) in [5.74, 6) is 0.0171. The van der Waals surface area contributed by atoms with Gasteiger partial charge in [0.25, 0.3) is 5.91 Å². The lowest BCUT2D eigenvalue weighted by Crippen LogP contribution is -2.44. The van der Waals surface area contributed by atoms with Crippen molar-refractivity contribution in [2.45, 2.75) is 37.7 Å². The second-order valence-electron chi connectivity index (χ2n) is 7.22. The summed E-state index contributed by atoms with van der Waals surface area (Å²) in [4.78, 5) is 17.4. The van der Waals surface area contributed by atoms with E-state index in [0.29, 0.717) is 16.5 Å². The molecule has 27 heavy (non-hydrogen) atoms. The van der Waals surface area contributed by atoms with Gasteiger partial charge in [-0.15, -0.1) is 0 Å². The molecule has 2 aromatic heterocycles. The van der Waals surface area contributed by atoms with Crippen LogP contribution >= 0.6 is 11.6 Å². The fourth-order valence-electron chi connectivity index (χ4n) is 3.76. The second kappa shape index (κ2) is 7.33. The first-order valence-electron chi connectivity index (χ1n) is 9.29. The number of amides is 1. The summed E-state index contributed by atoms with van der Waals surface area (Å²) in [7, 11) is 0. The molecule has 0 unspecified atom stereocenters. The minimum absolute atomic E-state index is 0.250. The van der Waals surface area contributed by atoms with Crippen LogP contribution in [-0.2, 0) is 0 Å². The van der Waals surface area contributed by atoms with Crippen molar-refractivity contribution in [1.29, 1.82) is 0 Å². The maximum absolute atomic E-state index is 12.8. The molecule has 0 radical (unpaired) electrons. The molecule has 1 amide bonds. The average molecular weight is 384 g/mol. The Morgan fingerprint density at radius 3 is 2.78 bits per heavy atom. The van der Waals surface area contributed by atoms with Gasteiger partial charge < -0.3 is 10.4 Å². The molecular formula is C21H22ClN3O2. The van der Waals surface area contributed by atoms with Gasteiger partial charge in [0.1, 0.15) is 0 Å². The average Bonchev–Trinajstić information content (AvgIpc) is 3.07. The van der Waals surface area contributed by atoms with Gasteiger partial charge in [-0.2, -0.15) is 0 Å². The highest BCUT2D eigenvalue weighted by atomic mass is 35.5. The van der Waals surface area contributed by atoms with E-state index in [1.165, 1.54) is 0 Å². The van der Waals surface area contributed by atoms with Gasteiger partial charge in [0.05, 0.1) is 16.8 Å². The molecule has 0 spiro atoms. The summed E-state index contributed by atoms with van der Waals surface area (Å²) < 4.78 is 1.77. The number of nitrogens with zero attached hydrogens (tertiary/aromatic N) is 2. The molecule has 6 heteroatoms. The number of nitrogens with one attached hydrogen (secondary N) is 1. The third-order valence-electron chi connectivity index (χ3n) is 5.21. The van der Waals surface area contributed by atoms with Crippen molar-refractivity contribution in [3.63, 3.8) is 0 Å². The number of hydrogen-bond acceptors (Lipinski definition) is 3. The standard InChI is InChI=1S/C21H22ClN3O2/c22-16-8-6-7-15(13-16)18-17-9-2-5-12-25(17)19(24-18)20(26)23-14-21(27)10-3-1-4-11-21/h2,5-9,12-13,27H,1,3-4,10-11,14H2,(H,23,26). The molecule has 3 aromatic rings. The van der Waals surface area contributed by atoms with Crippen LogP contribution in [0.5, 0.6) is 0 Å². The van der Waals surface area contributed by atoms with Crippen LogP contribution < -0.4 is 5.32 Å². The van der Waals surface area contributed by atoms with Gasteiger partial charge in [-0.1, -0.05) is 49.1 Å². The highest BCUT2D eigenvalue weighted by Gasteiger charge is 2.30. The number of imidazole rings is 1. The minimum atomic E-state index is -0.809. The number of carbonyl (C=O) groups is 1. The number of rotatable bonds is 4. The Labute approximate surface area is 163 Å². The van der Waals surface area contributed by atoms with Crippen molar-refractivity contribution < 1.29 is 9.90 Å². The van der Waals surface area contributed by atoms with Crippen molar-refractivity contribution in [2.24, 2.45) is 0 Å². The topological polar surface area (TPSA) is 66.6 Å². The Morgan fingerprint density at radius 1 is 1.19 bits per heavy atom. The van der Waals surface area contributed by atoms with E-state index < -0.39 is 5.60 Å². The van der Waals surface area contributed by atoms with Gasteiger partial charge in [-0.05, 0) is 37.1 Å². The fourth-order valence-corrected chi connectivity index (χ4v) is 3.95. The minimum Gasteiger partial charge on any atom is -0.388 e. The largest absolute Gasteiger partial charge is 0.388 e. The van der Waals surface area contributed by atoms with Crippen molar-refractivity contribution in [1.82, 2.24) is 14.7 Å². The lowest BCUT2D eigenvalue weighted by Gasteiger charge is -2.31. The smallest absolute Gasteiger partial charge is 0.287 e. The van der Waals surface area contributed by atoms with E-state index in [4.69, 9.17) is 11.6 Å². The Balaban J connectivity index is 1.64. The Morgan fingerprint density at radius 2 is 2.00 bits per heavy atom. The third-order valence-corrected chi connectivity index (χ3v) is 5.45. The van der Waals surface area contributed by atoms with E-state index in [-0.39, 0.29) is 12.5 Å². The lowest BCUT2D eigenvalue weighted by atomic mass is 9.85. The van der Waals surface area contributed by atoms with Crippen molar-refractivity contribution >= 4 is 23.0 Å². The summed E-state index contributed by atoms with van der Waals surface area (Å²) in [5.41, 5.74) is 1.59. The highest BCUT2D eigenvalue weighted by Crippen LogP contribution is 2.28. The fraction of sp³-hybridized carbons (Fsp3) is 0.333. The molecule has 0 saturated heterocycles. The maximum Gasteiger partial charge on any atom is 0.287 e. The van der Waals surface area contributed by atoms with Crippen molar-refractivity contribution in [3.05, 3.63) is 59.5 Å². The number of halogens is 1. The number of pyridine rings is 1. The predicted octanol–water partition coefficient (Wildman–Crippen LogP) is 4.08. The number of aliphatic hydroxyl groups is 1. The Kier molecular flexibility index (Phi) is 4.89. The van der Waals surface area contributed by atoms with Crippen LogP contribution in [0.3, 0.4) is 0 Å². The lowest BCUT2D eigenvalue weighted by molar-refractivity contribution is 0.00516. The van der Waals surface area contributed by atoms with E-state index in [2.05, 4.69) is 10.3 Å². The van der Waals surface area contributed by atoms with E-state index in [9.17, 15) is 9.90 Å². The molecule has 0 bridgehead atoms. The summed E-state index contributed by atoms with van der Waals surface area (Å²) in [6, 6.07) is 13.1. The molecule has 140 valence electrons. The molecule has 1 saturated carbocycles. The van der Waals surface area contributed by atoms with Crippen LogP contribution in [0.25, 0.3) is 16.8 Å². The zero-order chi connectivity index (χ0) is 18.9. The highest BCUT2D eigenvalue weighted by molar-refractivity contribution is 6.30. The van der Waals surface area contributed by atoms with Crippen LogP contribution in [0.2, 0.25) is 5.02 Å². The first kappa shape index (κ1) is 18.0. The molecular weight excluding hydrogens is 362 g/mol. The van der Waals surface area contributed by atoms with E-state index in [1.807, 2.05) is 48.7 Å². The second-order valence-corrected chi connectivity index (χ2v) is 7.65. The first-order valence-corrected chi connectivity index (χ1v) is 9.67. The zero-order valence-corrected chi connectivity index (χ0v) is 15.7. The van der Waals surface area contributed by atoms with Gasteiger partial charge in [0.2, 0.25) is 5.82 Å². The number of carbonyl (C=O) groups excluding carboxylic acids is 1. The number of aromatic nitrogens is 2. The van der Waals surface area contributed by atoms with Gasteiger partial charge in [0.15, 0.2) is 0 Å². The normalized spacial score (nSPS) is 16.4. The summed E-state index contributed by atoms with van der Waals surface area (Å²) in [6.07, 6.45) is 6.41. The number of fused-ring (bicyclic) bond motifs is 1. The van der Waals surface area contributed by atoms with E-state index in [1.54, 1.807) is 4.40 Å². The Hall–Kier alpha value is -2.37. The van der Waals surface area contributed by atoms with Crippen LogP contribution in [0, 0.1) is 0 Å². The monoisotopic (exact) mass is 383 g/mol. The first-order chi connectivity index (χ1) is 13.1. The number of hydrogen-bond donors (Lipinski definition) is 2. The van der Waals surface area contributed by atoms with E-state index >= 15 is 0 Å². The molecule has 5 nitrogen and oxygen atoms in total. The molecule has 0 atom stereocenters. The van der Waals surface area contributed by atoms with Gasteiger partial charge in [-0.25, -0.2) is 4.98 Å². The molecule has 2 heterocycles. The van der Waals surface area contributed by atoms with Gasteiger partial charge in [0, 0.05) is 23.3 Å². The molecule has 4 rings (SSSR count). The molecule has 1 fully saturated rings. The quantitative estimate of drug-likeness (QED) is 0.713. The van der Waals surface area contributed by atoms with Crippen LogP contribution in [-0.4, -0.2) is 32.5 Å². The molecule has 1 aromatic carbocycles. The summed E-state index contributed by atoms with van der Waals surface area (Å²) >= 11 is 6.12. The third kappa shape index (κ3) is 3.70. The van der Waals surface area contributed by atoms with Gasteiger partial charge in [-0.3, -0.25) is 9.20 Å². The zero-order valence-electron chi connectivity index (χ0n) is 15.0. The van der Waals surface area contributed by atoms with Crippen molar-refractivity contribution in [3.8, 4) is 11.3 Å². The SMILES string of the molecule is O=C(NCC1(O)CCCCC1)c1nc(-c2cccc(Cl)c2)c2ccccn12.